The molecule has 0 saturated heterocycles. The van der Waals surface area contributed by atoms with Gasteiger partial charge in [-0.3, -0.25) is 9.48 Å². The van der Waals surface area contributed by atoms with E-state index in [9.17, 15) is 13.6 Å². The van der Waals surface area contributed by atoms with Crippen molar-refractivity contribution < 1.29 is 27.8 Å². The lowest BCUT2D eigenvalue weighted by atomic mass is 9.86. The number of ether oxygens (including phenoxy) is 3. The average molecular weight is 537 g/mol. The first-order valence-corrected chi connectivity index (χ1v) is 12.9. The highest BCUT2D eigenvalue weighted by molar-refractivity contribution is 5.94. The van der Waals surface area contributed by atoms with Crippen LogP contribution in [0.15, 0.2) is 54.9 Å². The first-order chi connectivity index (χ1) is 18.9. The van der Waals surface area contributed by atoms with Crippen molar-refractivity contribution in [1.29, 1.82) is 0 Å². The van der Waals surface area contributed by atoms with Crippen LogP contribution in [0.4, 0.5) is 8.78 Å². The zero-order valence-corrected chi connectivity index (χ0v) is 21.8. The molecule has 10 heteroatoms. The molecule has 204 valence electrons. The molecule has 1 fully saturated rings. The minimum Gasteiger partial charge on any atom is -0.497 e. The average Bonchev–Trinajstić information content (AvgIpc) is 3.39. The van der Waals surface area contributed by atoms with Crippen LogP contribution in [0, 0.1) is 17.6 Å². The number of halogens is 2. The minimum absolute atomic E-state index is 0.0221. The second kappa shape index (κ2) is 11.7. The molecule has 1 aliphatic carbocycles. The van der Waals surface area contributed by atoms with E-state index in [1.54, 1.807) is 44.7 Å². The number of hydrogen-bond donors (Lipinski definition) is 1. The Labute approximate surface area is 224 Å². The van der Waals surface area contributed by atoms with Gasteiger partial charge in [0.2, 0.25) is 5.88 Å². The summed E-state index contributed by atoms with van der Waals surface area (Å²) < 4.78 is 46.9. The minimum atomic E-state index is -0.923. The van der Waals surface area contributed by atoms with Gasteiger partial charge in [0.25, 0.3) is 5.91 Å². The summed E-state index contributed by atoms with van der Waals surface area (Å²) in [5.74, 6) is -1.37. The number of carbonyl (C=O) groups is 1. The summed E-state index contributed by atoms with van der Waals surface area (Å²) in [4.78, 5) is 16.9. The molecule has 1 N–H and O–H groups in total. The number of carbonyl (C=O) groups excluding carboxylic acids is 1. The van der Waals surface area contributed by atoms with Gasteiger partial charge in [-0.15, -0.1) is 0 Å². The van der Waals surface area contributed by atoms with Gasteiger partial charge in [-0.1, -0.05) is 12.1 Å². The zero-order chi connectivity index (χ0) is 27.4. The molecular weight excluding hydrogens is 506 g/mol. The van der Waals surface area contributed by atoms with E-state index >= 15 is 0 Å². The predicted octanol–water partition coefficient (Wildman–Crippen LogP) is 5.47. The molecule has 0 atom stereocenters. The summed E-state index contributed by atoms with van der Waals surface area (Å²) in [5.41, 5.74) is 1.47. The van der Waals surface area contributed by atoms with E-state index in [2.05, 4.69) is 15.4 Å². The molecule has 2 aromatic carbocycles. The van der Waals surface area contributed by atoms with Crippen molar-refractivity contribution in [2.75, 3.05) is 20.8 Å². The van der Waals surface area contributed by atoms with E-state index in [1.165, 1.54) is 0 Å². The van der Waals surface area contributed by atoms with Gasteiger partial charge in [0.05, 0.1) is 26.5 Å². The van der Waals surface area contributed by atoms with E-state index in [0.29, 0.717) is 18.2 Å². The highest BCUT2D eigenvalue weighted by atomic mass is 19.1. The molecule has 4 aromatic rings. The van der Waals surface area contributed by atoms with Gasteiger partial charge < -0.3 is 19.5 Å². The normalized spacial score (nSPS) is 17.1. The Morgan fingerprint density at radius 2 is 1.74 bits per heavy atom. The van der Waals surface area contributed by atoms with Gasteiger partial charge in [0, 0.05) is 29.8 Å². The Balaban J connectivity index is 1.12. The van der Waals surface area contributed by atoms with Crippen LogP contribution in [0.25, 0.3) is 10.9 Å². The number of fused-ring (bicyclic) bond motifs is 1. The molecule has 0 radical (unpaired) electrons. The van der Waals surface area contributed by atoms with Crippen molar-refractivity contribution in [1.82, 2.24) is 20.1 Å². The van der Waals surface area contributed by atoms with Crippen LogP contribution >= 0.6 is 0 Å². The van der Waals surface area contributed by atoms with Crippen LogP contribution < -0.4 is 19.5 Å². The van der Waals surface area contributed by atoms with Crippen molar-refractivity contribution in [2.45, 2.75) is 38.3 Å². The van der Waals surface area contributed by atoms with Crippen LogP contribution in [-0.2, 0) is 6.61 Å². The SMILES string of the molecule is COc1ccc(COc2c(F)cc(C(=O)NC[C@H]3CC[C@H](n4cc5cc(OC)ncc5n4)CC3)cc2F)cc1. The Morgan fingerprint density at radius 1 is 1.03 bits per heavy atom. The topological polar surface area (TPSA) is 87.5 Å². The van der Waals surface area contributed by atoms with Gasteiger partial charge >= 0.3 is 0 Å². The number of pyridine rings is 1. The summed E-state index contributed by atoms with van der Waals surface area (Å²) in [6.45, 7) is 0.415. The van der Waals surface area contributed by atoms with Gasteiger partial charge in [0.1, 0.15) is 17.9 Å². The van der Waals surface area contributed by atoms with E-state index in [-0.39, 0.29) is 24.1 Å². The highest BCUT2D eigenvalue weighted by Gasteiger charge is 2.24. The summed E-state index contributed by atoms with van der Waals surface area (Å²) in [6, 6.07) is 11.1. The van der Waals surface area contributed by atoms with Crippen molar-refractivity contribution in [3.05, 3.63) is 77.6 Å². The van der Waals surface area contributed by atoms with Gasteiger partial charge in [-0.05, 0) is 61.4 Å². The third-order valence-electron chi connectivity index (χ3n) is 7.14. The third kappa shape index (κ3) is 6.10. The molecule has 39 heavy (non-hydrogen) atoms. The molecule has 5 rings (SSSR count). The maximum Gasteiger partial charge on any atom is 0.251 e. The molecule has 2 heterocycles. The molecule has 1 amide bonds. The Hall–Kier alpha value is -4.21. The Morgan fingerprint density at radius 3 is 2.41 bits per heavy atom. The van der Waals surface area contributed by atoms with Crippen LogP contribution in [0.2, 0.25) is 0 Å². The lowest BCUT2D eigenvalue weighted by molar-refractivity contribution is 0.0940. The number of amides is 1. The number of benzene rings is 2. The molecule has 0 spiro atoms. The lowest BCUT2D eigenvalue weighted by Crippen LogP contribution is -2.32. The summed E-state index contributed by atoms with van der Waals surface area (Å²) in [6.07, 6.45) is 7.37. The maximum absolute atomic E-state index is 14.6. The molecule has 8 nitrogen and oxygen atoms in total. The highest BCUT2D eigenvalue weighted by Crippen LogP contribution is 2.33. The van der Waals surface area contributed by atoms with Gasteiger partial charge in [0.15, 0.2) is 17.4 Å². The first kappa shape index (κ1) is 26.4. The number of nitrogens with zero attached hydrogens (tertiary/aromatic N) is 3. The zero-order valence-electron chi connectivity index (χ0n) is 21.8. The summed E-state index contributed by atoms with van der Waals surface area (Å²) in [7, 11) is 3.14. The molecule has 1 aliphatic rings. The fourth-order valence-electron chi connectivity index (χ4n) is 4.88. The van der Waals surface area contributed by atoms with Crippen molar-refractivity contribution >= 4 is 16.8 Å². The Bertz CT molecular complexity index is 1430. The number of nitrogens with one attached hydrogen (secondary N) is 1. The molecule has 0 bridgehead atoms. The molecule has 0 aliphatic heterocycles. The van der Waals surface area contributed by atoms with E-state index in [1.807, 2.05) is 16.9 Å². The Kier molecular flexibility index (Phi) is 7.90. The standard InChI is InChI=1S/C29H30F2N4O4/c1-37-23-9-5-19(6-10-23)17-39-28-24(30)11-20(12-25(28)31)29(36)33-14-18-3-7-22(8-4-18)35-16-21-13-27(38-2)32-15-26(21)34-35/h5-6,9-13,15-16,18,22H,3-4,7-8,14,17H2,1-2H3,(H,33,36)/t18-,22-. The maximum atomic E-state index is 14.6. The first-order valence-electron chi connectivity index (χ1n) is 12.9. The largest absolute Gasteiger partial charge is 0.497 e. The monoisotopic (exact) mass is 536 g/mol. The molecule has 0 unspecified atom stereocenters. The van der Waals surface area contributed by atoms with Gasteiger partial charge in [-0.25, -0.2) is 13.8 Å². The number of methoxy groups -OCH3 is 2. The van der Waals surface area contributed by atoms with Crippen LogP contribution in [-0.4, -0.2) is 41.4 Å². The van der Waals surface area contributed by atoms with E-state index < -0.39 is 23.3 Å². The quantitative estimate of drug-likeness (QED) is 0.305. The number of hydrogen-bond acceptors (Lipinski definition) is 6. The van der Waals surface area contributed by atoms with Crippen molar-refractivity contribution in [2.24, 2.45) is 5.92 Å². The molecular formula is C29H30F2N4O4. The molecule has 1 saturated carbocycles. The van der Waals surface area contributed by atoms with Gasteiger partial charge in [-0.2, -0.15) is 5.10 Å². The van der Waals surface area contributed by atoms with E-state index in [0.717, 1.165) is 54.3 Å². The van der Waals surface area contributed by atoms with Crippen LogP contribution in [0.3, 0.4) is 0 Å². The lowest BCUT2D eigenvalue weighted by Gasteiger charge is -2.28. The predicted molar refractivity (Wildman–Crippen MR) is 141 cm³/mol. The smallest absolute Gasteiger partial charge is 0.251 e. The van der Waals surface area contributed by atoms with Crippen molar-refractivity contribution in [3.63, 3.8) is 0 Å². The van der Waals surface area contributed by atoms with Crippen LogP contribution in [0.1, 0.15) is 47.6 Å². The second-order valence-electron chi connectivity index (χ2n) is 9.68. The summed E-state index contributed by atoms with van der Waals surface area (Å²) in [5, 5.41) is 8.46. The second-order valence-corrected chi connectivity index (χ2v) is 9.68. The van der Waals surface area contributed by atoms with Crippen molar-refractivity contribution in [3.8, 4) is 17.4 Å². The van der Waals surface area contributed by atoms with Crippen LogP contribution in [0.5, 0.6) is 17.4 Å². The number of rotatable bonds is 9. The fraction of sp³-hybridized carbons (Fsp3) is 0.345. The molecule has 2 aromatic heterocycles. The third-order valence-corrected chi connectivity index (χ3v) is 7.14. The van der Waals surface area contributed by atoms with E-state index in [4.69, 9.17) is 14.2 Å². The summed E-state index contributed by atoms with van der Waals surface area (Å²) >= 11 is 0. The fourth-order valence-corrected chi connectivity index (χ4v) is 4.88. The number of aromatic nitrogens is 3.